The van der Waals surface area contributed by atoms with Gasteiger partial charge in [-0.15, -0.1) is 0 Å². The van der Waals surface area contributed by atoms with Crippen LogP contribution in [0.1, 0.15) is 75.8 Å². The molecule has 0 aliphatic rings. The molecule has 1 N–H and O–H groups in total. The van der Waals surface area contributed by atoms with Crippen molar-refractivity contribution in [3.05, 3.63) is 90.0 Å². The van der Waals surface area contributed by atoms with Crippen molar-refractivity contribution in [3.8, 4) is 16.9 Å². The lowest BCUT2D eigenvalue weighted by molar-refractivity contribution is -0.122. The molecule has 0 amide bonds. The Labute approximate surface area is 199 Å². The van der Waals surface area contributed by atoms with E-state index in [1.54, 1.807) is 0 Å². The molecule has 1 atom stereocenters. The number of carbonyl (C=O) groups is 1. The van der Waals surface area contributed by atoms with Crippen molar-refractivity contribution >= 4 is 6.47 Å². The SMILES string of the molecule is CCCCCCCCOc1ccc(-c2ccc(C(CC)c3ccccc3)cc2)cc1.O=CO. The van der Waals surface area contributed by atoms with E-state index >= 15 is 0 Å². The van der Waals surface area contributed by atoms with Gasteiger partial charge < -0.3 is 9.84 Å². The number of hydrogen-bond donors (Lipinski definition) is 1. The molecule has 0 saturated heterocycles. The molecular formula is C30H38O3. The Morgan fingerprint density at radius 2 is 1.24 bits per heavy atom. The maximum absolute atomic E-state index is 8.36. The summed E-state index contributed by atoms with van der Waals surface area (Å²) in [6.07, 6.45) is 8.86. The summed E-state index contributed by atoms with van der Waals surface area (Å²) in [5, 5.41) is 6.89. The zero-order valence-corrected chi connectivity index (χ0v) is 20.1. The van der Waals surface area contributed by atoms with Crippen molar-refractivity contribution in [1.29, 1.82) is 0 Å². The van der Waals surface area contributed by atoms with E-state index in [1.165, 1.54) is 54.4 Å². The molecule has 0 fully saturated rings. The molecule has 3 aromatic rings. The second kappa shape index (κ2) is 15.7. The maximum Gasteiger partial charge on any atom is 0.290 e. The number of hydrogen-bond acceptors (Lipinski definition) is 2. The van der Waals surface area contributed by atoms with E-state index in [0.717, 1.165) is 25.2 Å². The molecule has 0 saturated carbocycles. The Kier molecular flexibility index (Phi) is 12.4. The minimum absolute atomic E-state index is 0.250. The minimum atomic E-state index is -0.250. The van der Waals surface area contributed by atoms with Gasteiger partial charge in [0.25, 0.3) is 6.47 Å². The standard InChI is InChI=1S/C29H36O.CH2O2/c1-3-5-6-7-8-12-23-30-28-21-19-25(20-22-28)24-15-17-27(18-16-24)29(4-2)26-13-10-9-11-14-26;2-1-3/h9-11,13-22,29H,3-8,12,23H2,1-2H3;1H,(H,2,3). The lowest BCUT2D eigenvalue weighted by Gasteiger charge is -2.16. The van der Waals surface area contributed by atoms with Gasteiger partial charge in [-0.2, -0.15) is 0 Å². The van der Waals surface area contributed by atoms with Crippen LogP contribution in [0.15, 0.2) is 78.9 Å². The topological polar surface area (TPSA) is 46.5 Å². The van der Waals surface area contributed by atoms with Crippen LogP contribution in [0.4, 0.5) is 0 Å². The minimum Gasteiger partial charge on any atom is -0.494 e. The van der Waals surface area contributed by atoms with E-state index in [2.05, 4.69) is 92.7 Å². The van der Waals surface area contributed by atoms with Gasteiger partial charge in [-0.1, -0.05) is 113 Å². The van der Waals surface area contributed by atoms with Crippen molar-refractivity contribution in [2.75, 3.05) is 6.61 Å². The molecule has 33 heavy (non-hydrogen) atoms. The number of rotatable bonds is 12. The smallest absolute Gasteiger partial charge is 0.290 e. The molecule has 3 aromatic carbocycles. The molecule has 0 spiro atoms. The zero-order chi connectivity index (χ0) is 23.7. The molecular weight excluding hydrogens is 408 g/mol. The molecule has 0 aliphatic heterocycles. The predicted molar refractivity (Wildman–Crippen MR) is 138 cm³/mol. The van der Waals surface area contributed by atoms with Crippen molar-refractivity contribution in [1.82, 2.24) is 0 Å². The Hall–Kier alpha value is -3.07. The van der Waals surface area contributed by atoms with Crippen LogP contribution < -0.4 is 4.74 Å². The molecule has 0 heterocycles. The molecule has 0 aromatic heterocycles. The van der Waals surface area contributed by atoms with Gasteiger partial charge in [-0.3, -0.25) is 4.79 Å². The maximum atomic E-state index is 8.36. The molecule has 3 nitrogen and oxygen atoms in total. The average molecular weight is 447 g/mol. The first-order valence-corrected chi connectivity index (χ1v) is 12.2. The second-order valence-corrected chi connectivity index (χ2v) is 8.24. The summed E-state index contributed by atoms with van der Waals surface area (Å²) in [4.78, 5) is 8.36. The highest BCUT2D eigenvalue weighted by atomic mass is 16.5. The molecule has 176 valence electrons. The number of unbranched alkanes of at least 4 members (excludes halogenated alkanes) is 5. The fourth-order valence-electron chi connectivity index (χ4n) is 4.07. The van der Waals surface area contributed by atoms with E-state index in [-0.39, 0.29) is 6.47 Å². The van der Waals surface area contributed by atoms with Crippen molar-refractivity contribution in [2.24, 2.45) is 0 Å². The lowest BCUT2D eigenvalue weighted by Crippen LogP contribution is -1.99. The summed E-state index contributed by atoms with van der Waals surface area (Å²) >= 11 is 0. The van der Waals surface area contributed by atoms with E-state index in [0.29, 0.717) is 5.92 Å². The predicted octanol–water partition coefficient (Wildman–Crippen LogP) is 8.34. The third-order valence-electron chi connectivity index (χ3n) is 5.88. The zero-order valence-electron chi connectivity index (χ0n) is 20.1. The summed E-state index contributed by atoms with van der Waals surface area (Å²) < 4.78 is 5.92. The van der Waals surface area contributed by atoms with Gasteiger partial charge in [-0.05, 0) is 47.2 Å². The monoisotopic (exact) mass is 446 g/mol. The van der Waals surface area contributed by atoms with Crippen LogP contribution >= 0.6 is 0 Å². The normalized spacial score (nSPS) is 11.2. The largest absolute Gasteiger partial charge is 0.494 e. The van der Waals surface area contributed by atoms with Gasteiger partial charge >= 0.3 is 0 Å². The summed E-state index contributed by atoms with van der Waals surface area (Å²) in [6, 6.07) is 28.4. The number of benzene rings is 3. The Bertz CT molecular complexity index is 886. The van der Waals surface area contributed by atoms with Crippen LogP contribution in [0.2, 0.25) is 0 Å². The fourth-order valence-corrected chi connectivity index (χ4v) is 4.07. The van der Waals surface area contributed by atoms with Gasteiger partial charge in [0.2, 0.25) is 0 Å². The van der Waals surface area contributed by atoms with Crippen molar-refractivity contribution < 1.29 is 14.6 Å². The number of carboxylic acid groups (broad SMARTS) is 1. The molecule has 0 radical (unpaired) electrons. The number of ether oxygens (including phenoxy) is 1. The summed E-state index contributed by atoms with van der Waals surface area (Å²) in [5.41, 5.74) is 5.26. The van der Waals surface area contributed by atoms with Crippen LogP contribution in [0.5, 0.6) is 5.75 Å². The van der Waals surface area contributed by atoms with E-state index < -0.39 is 0 Å². The molecule has 1 unspecified atom stereocenters. The molecule has 3 rings (SSSR count). The van der Waals surface area contributed by atoms with Gasteiger partial charge in [0.05, 0.1) is 6.61 Å². The Morgan fingerprint density at radius 3 is 1.82 bits per heavy atom. The van der Waals surface area contributed by atoms with Crippen molar-refractivity contribution in [2.45, 2.75) is 64.7 Å². The molecule has 0 bridgehead atoms. The van der Waals surface area contributed by atoms with Gasteiger partial charge in [0, 0.05) is 5.92 Å². The van der Waals surface area contributed by atoms with Gasteiger partial charge in [0.15, 0.2) is 0 Å². The van der Waals surface area contributed by atoms with Gasteiger partial charge in [0.1, 0.15) is 5.75 Å². The van der Waals surface area contributed by atoms with E-state index in [1.807, 2.05) is 0 Å². The summed E-state index contributed by atoms with van der Waals surface area (Å²) in [7, 11) is 0. The van der Waals surface area contributed by atoms with Crippen LogP contribution in [-0.2, 0) is 4.79 Å². The summed E-state index contributed by atoms with van der Waals surface area (Å²) in [6.45, 7) is 5.08. The average Bonchev–Trinajstić information content (AvgIpc) is 2.86. The molecule has 3 heteroatoms. The molecule has 0 aliphatic carbocycles. The Morgan fingerprint density at radius 1 is 0.727 bits per heavy atom. The quantitative estimate of drug-likeness (QED) is 0.225. The van der Waals surface area contributed by atoms with Crippen LogP contribution in [0.3, 0.4) is 0 Å². The highest BCUT2D eigenvalue weighted by Gasteiger charge is 2.11. The third kappa shape index (κ3) is 9.13. The van der Waals surface area contributed by atoms with E-state index in [4.69, 9.17) is 14.6 Å². The lowest BCUT2D eigenvalue weighted by atomic mass is 9.88. The van der Waals surface area contributed by atoms with E-state index in [9.17, 15) is 0 Å². The highest BCUT2D eigenvalue weighted by Crippen LogP contribution is 2.30. The van der Waals surface area contributed by atoms with Crippen LogP contribution in [-0.4, -0.2) is 18.2 Å². The summed E-state index contributed by atoms with van der Waals surface area (Å²) in [5.74, 6) is 1.43. The van der Waals surface area contributed by atoms with Crippen LogP contribution in [0.25, 0.3) is 11.1 Å². The third-order valence-corrected chi connectivity index (χ3v) is 5.88. The first kappa shape index (κ1) is 26.2. The fraction of sp³-hybridized carbons (Fsp3) is 0.367. The van der Waals surface area contributed by atoms with Crippen LogP contribution in [0, 0.1) is 0 Å². The van der Waals surface area contributed by atoms with Crippen molar-refractivity contribution in [3.63, 3.8) is 0 Å². The first-order valence-electron chi connectivity index (χ1n) is 12.2. The Balaban J connectivity index is 0.00000122. The van der Waals surface area contributed by atoms with Gasteiger partial charge in [-0.25, -0.2) is 0 Å². The second-order valence-electron chi connectivity index (χ2n) is 8.24. The first-order chi connectivity index (χ1) is 16.2. The highest BCUT2D eigenvalue weighted by molar-refractivity contribution is 5.64.